The first-order chi connectivity index (χ1) is 15.6. The maximum Gasteiger partial charge on any atom is 0.132 e. The van der Waals surface area contributed by atoms with Gasteiger partial charge in [0.2, 0.25) is 0 Å². The molecule has 1 atom stereocenters. The summed E-state index contributed by atoms with van der Waals surface area (Å²) in [6, 6.07) is 18.8. The molecule has 1 aromatic heterocycles. The fraction of sp³-hybridized carbons (Fsp3) is 0.346. The second-order valence-electron chi connectivity index (χ2n) is 8.17. The van der Waals surface area contributed by atoms with Gasteiger partial charge in [0.05, 0.1) is 30.5 Å². The minimum Gasteiger partial charge on any atom is -0.378 e. The van der Waals surface area contributed by atoms with Crippen molar-refractivity contribution in [1.29, 1.82) is 5.26 Å². The van der Waals surface area contributed by atoms with Crippen molar-refractivity contribution in [3.05, 3.63) is 76.7 Å². The molecule has 2 N–H and O–H groups in total. The van der Waals surface area contributed by atoms with Crippen LogP contribution in [0.1, 0.15) is 41.1 Å². The van der Waals surface area contributed by atoms with Gasteiger partial charge in [-0.2, -0.15) is 5.26 Å². The summed E-state index contributed by atoms with van der Waals surface area (Å²) in [7, 11) is 0. The van der Waals surface area contributed by atoms with E-state index >= 15 is 0 Å². The average molecular weight is 428 g/mol. The standard InChI is InChI=1S/C26H29N5O/c1-18(25-16-26(30-19(2)29-25)31-11-13-32-14-12-31)24-15-21(17-28)5-8-23(24)22-6-3-20(4-7-22)9-10-27/h3-8,15-16,18H,9-14,27H2,1-2H3. The monoisotopic (exact) mass is 427 g/mol. The molecule has 3 aromatic rings. The summed E-state index contributed by atoms with van der Waals surface area (Å²) in [6.45, 7) is 7.79. The highest BCUT2D eigenvalue weighted by Gasteiger charge is 2.20. The van der Waals surface area contributed by atoms with Crippen LogP contribution in [0.25, 0.3) is 11.1 Å². The molecule has 6 heteroatoms. The molecule has 0 radical (unpaired) electrons. The number of nitrogens with two attached hydrogens (primary N) is 1. The topological polar surface area (TPSA) is 88.1 Å². The van der Waals surface area contributed by atoms with Crippen LogP contribution in [0.2, 0.25) is 0 Å². The number of nitriles is 1. The van der Waals surface area contributed by atoms with Crippen LogP contribution in [0.3, 0.4) is 0 Å². The number of hydrogen-bond donors (Lipinski definition) is 1. The highest BCUT2D eigenvalue weighted by molar-refractivity contribution is 5.70. The van der Waals surface area contributed by atoms with Gasteiger partial charge in [0.1, 0.15) is 11.6 Å². The first kappa shape index (κ1) is 21.9. The summed E-state index contributed by atoms with van der Waals surface area (Å²) >= 11 is 0. The second kappa shape index (κ2) is 9.90. The zero-order valence-electron chi connectivity index (χ0n) is 18.7. The zero-order chi connectivity index (χ0) is 22.5. The number of benzene rings is 2. The normalized spacial score (nSPS) is 14.8. The Morgan fingerprint density at radius 1 is 1.09 bits per heavy atom. The zero-order valence-corrected chi connectivity index (χ0v) is 18.7. The summed E-state index contributed by atoms with van der Waals surface area (Å²) in [5.74, 6) is 1.69. The van der Waals surface area contributed by atoms with Crippen molar-refractivity contribution in [1.82, 2.24) is 9.97 Å². The van der Waals surface area contributed by atoms with Crippen LogP contribution in [0, 0.1) is 18.3 Å². The van der Waals surface area contributed by atoms with Crippen molar-refractivity contribution < 1.29 is 4.74 Å². The number of aromatic nitrogens is 2. The molecule has 1 saturated heterocycles. The van der Waals surface area contributed by atoms with E-state index in [1.54, 1.807) is 0 Å². The predicted molar refractivity (Wildman–Crippen MR) is 127 cm³/mol. The van der Waals surface area contributed by atoms with Crippen LogP contribution in [0.5, 0.6) is 0 Å². The summed E-state index contributed by atoms with van der Waals surface area (Å²) < 4.78 is 5.49. The first-order valence-electron chi connectivity index (χ1n) is 11.1. The SMILES string of the molecule is Cc1nc(C(C)c2cc(C#N)ccc2-c2ccc(CCN)cc2)cc(N2CCOCC2)n1. The van der Waals surface area contributed by atoms with Gasteiger partial charge in [-0.3, -0.25) is 0 Å². The Balaban J connectivity index is 1.74. The van der Waals surface area contributed by atoms with Gasteiger partial charge in [-0.1, -0.05) is 37.3 Å². The van der Waals surface area contributed by atoms with E-state index in [-0.39, 0.29) is 5.92 Å². The molecule has 32 heavy (non-hydrogen) atoms. The number of aryl methyl sites for hydroxylation is 1. The summed E-state index contributed by atoms with van der Waals surface area (Å²) in [4.78, 5) is 11.7. The number of ether oxygens (including phenoxy) is 1. The van der Waals surface area contributed by atoms with E-state index in [0.717, 1.165) is 53.5 Å². The largest absolute Gasteiger partial charge is 0.378 e. The summed E-state index contributed by atoms with van der Waals surface area (Å²) in [5, 5.41) is 9.52. The summed E-state index contributed by atoms with van der Waals surface area (Å²) in [6.07, 6.45) is 0.863. The van der Waals surface area contributed by atoms with E-state index < -0.39 is 0 Å². The number of morpholine rings is 1. The van der Waals surface area contributed by atoms with Gasteiger partial charge < -0.3 is 15.4 Å². The van der Waals surface area contributed by atoms with Gasteiger partial charge in [0.25, 0.3) is 0 Å². The Bertz CT molecular complexity index is 1110. The summed E-state index contributed by atoms with van der Waals surface area (Å²) in [5.41, 5.74) is 11.8. The average Bonchev–Trinajstić information content (AvgIpc) is 2.84. The van der Waals surface area contributed by atoms with Crippen molar-refractivity contribution in [3.63, 3.8) is 0 Å². The Hall–Kier alpha value is -3.27. The van der Waals surface area contributed by atoms with Crippen molar-refractivity contribution in [2.24, 2.45) is 5.73 Å². The minimum absolute atomic E-state index is 0.00325. The quantitative estimate of drug-likeness (QED) is 0.644. The van der Waals surface area contributed by atoms with E-state index in [9.17, 15) is 5.26 Å². The molecule has 0 saturated carbocycles. The first-order valence-corrected chi connectivity index (χ1v) is 11.1. The van der Waals surface area contributed by atoms with Crippen molar-refractivity contribution in [2.45, 2.75) is 26.2 Å². The van der Waals surface area contributed by atoms with Crippen LogP contribution in [-0.4, -0.2) is 42.8 Å². The Kier molecular flexibility index (Phi) is 6.79. The molecule has 1 unspecified atom stereocenters. The molecule has 4 rings (SSSR count). The molecule has 0 bridgehead atoms. The lowest BCUT2D eigenvalue weighted by atomic mass is 9.88. The maximum atomic E-state index is 9.52. The highest BCUT2D eigenvalue weighted by Crippen LogP contribution is 2.34. The number of nitrogens with zero attached hydrogens (tertiary/aromatic N) is 4. The van der Waals surface area contributed by atoms with Gasteiger partial charge in [0.15, 0.2) is 0 Å². The van der Waals surface area contributed by atoms with Crippen molar-refractivity contribution >= 4 is 5.82 Å². The lowest BCUT2D eigenvalue weighted by Crippen LogP contribution is -2.37. The number of hydrogen-bond acceptors (Lipinski definition) is 6. The fourth-order valence-electron chi connectivity index (χ4n) is 4.18. The number of rotatable bonds is 6. The van der Waals surface area contributed by atoms with Crippen molar-refractivity contribution in [2.75, 3.05) is 37.7 Å². The molecule has 164 valence electrons. The molecular weight excluding hydrogens is 398 g/mol. The second-order valence-corrected chi connectivity index (χ2v) is 8.17. The Morgan fingerprint density at radius 3 is 2.53 bits per heavy atom. The van der Waals surface area contributed by atoms with Crippen LogP contribution < -0.4 is 10.6 Å². The molecule has 0 amide bonds. The van der Waals surface area contributed by atoms with Crippen LogP contribution in [-0.2, 0) is 11.2 Å². The maximum absolute atomic E-state index is 9.52. The van der Waals surface area contributed by atoms with Gasteiger partial charge in [-0.15, -0.1) is 0 Å². The molecule has 0 aliphatic carbocycles. The van der Waals surface area contributed by atoms with Crippen LogP contribution >= 0.6 is 0 Å². The Morgan fingerprint density at radius 2 is 1.84 bits per heavy atom. The molecule has 1 fully saturated rings. The van der Waals surface area contributed by atoms with E-state index in [0.29, 0.717) is 25.3 Å². The van der Waals surface area contributed by atoms with Crippen molar-refractivity contribution in [3.8, 4) is 17.2 Å². The molecule has 1 aliphatic rings. The fourth-order valence-corrected chi connectivity index (χ4v) is 4.18. The smallest absolute Gasteiger partial charge is 0.132 e. The van der Waals surface area contributed by atoms with E-state index in [4.69, 9.17) is 15.5 Å². The van der Waals surface area contributed by atoms with E-state index in [1.807, 2.05) is 25.1 Å². The molecule has 2 heterocycles. The van der Waals surface area contributed by atoms with Gasteiger partial charge in [-0.25, -0.2) is 9.97 Å². The van der Waals surface area contributed by atoms with E-state index in [1.165, 1.54) is 5.56 Å². The van der Waals surface area contributed by atoms with E-state index in [2.05, 4.69) is 53.2 Å². The Labute approximate surface area is 189 Å². The highest BCUT2D eigenvalue weighted by atomic mass is 16.5. The molecule has 2 aromatic carbocycles. The molecular formula is C26H29N5O. The van der Waals surface area contributed by atoms with Gasteiger partial charge >= 0.3 is 0 Å². The lowest BCUT2D eigenvalue weighted by molar-refractivity contribution is 0.122. The third kappa shape index (κ3) is 4.80. The third-order valence-electron chi connectivity index (χ3n) is 5.97. The van der Waals surface area contributed by atoms with Crippen LogP contribution in [0.4, 0.5) is 5.82 Å². The number of anilines is 1. The van der Waals surface area contributed by atoms with Gasteiger partial charge in [-0.05, 0) is 54.3 Å². The van der Waals surface area contributed by atoms with Crippen LogP contribution in [0.15, 0.2) is 48.5 Å². The minimum atomic E-state index is 0.00325. The third-order valence-corrected chi connectivity index (χ3v) is 5.97. The van der Waals surface area contributed by atoms with Gasteiger partial charge in [0, 0.05) is 25.1 Å². The predicted octanol–water partition coefficient (Wildman–Crippen LogP) is 3.81. The lowest BCUT2D eigenvalue weighted by Gasteiger charge is -2.28. The molecule has 1 aliphatic heterocycles. The molecule has 6 nitrogen and oxygen atoms in total. The molecule has 0 spiro atoms.